The highest BCUT2D eigenvalue weighted by atomic mass is 127. The molecule has 1 aliphatic heterocycles. The van der Waals surface area contributed by atoms with E-state index in [0.717, 1.165) is 16.3 Å². The van der Waals surface area contributed by atoms with Crippen LogP contribution < -0.4 is 24.4 Å². The summed E-state index contributed by atoms with van der Waals surface area (Å²) in [6.07, 6.45) is 1.75. The molecule has 0 aliphatic carbocycles. The molecule has 1 aromatic heterocycles. The summed E-state index contributed by atoms with van der Waals surface area (Å²) >= 11 is 3.27. The SMILES string of the molecule is COc1cc(/C=c2/sc3n(c2=O)C(c2c(OC)ccc4ccccc24)C(C(C)=O)=C(C)N=3)cc(I)c1O. The smallest absolute Gasteiger partial charge is 0.271 e. The number of hydrogen-bond acceptors (Lipinski definition) is 7. The molecule has 0 bridgehead atoms. The number of hydrogen-bond donors (Lipinski definition) is 1. The van der Waals surface area contributed by atoms with Crippen molar-refractivity contribution in [1.82, 2.24) is 4.57 Å². The normalized spacial score (nSPS) is 15.5. The van der Waals surface area contributed by atoms with Crippen LogP contribution in [-0.4, -0.2) is 29.7 Å². The minimum absolute atomic E-state index is 0.0477. The predicted molar refractivity (Wildman–Crippen MR) is 152 cm³/mol. The van der Waals surface area contributed by atoms with Gasteiger partial charge in [0.25, 0.3) is 5.56 Å². The van der Waals surface area contributed by atoms with Gasteiger partial charge in [-0.3, -0.25) is 14.2 Å². The molecule has 0 radical (unpaired) electrons. The number of thiazole rings is 1. The molecule has 1 atom stereocenters. The van der Waals surface area contributed by atoms with E-state index in [9.17, 15) is 14.7 Å². The molecule has 1 unspecified atom stereocenters. The van der Waals surface area contributed by atoms with Crippen LogP contribution >= 0.6 is 33.9 Å². The number of Topliss-reactive ketones (excluding diaryl/α,β-unsaturated/α-hetero) is 1. The van der Waals surface area contributed by atoms with Crippen LogP contribution in [0.1, 0.15) is 31.0 Å². The van der Waals surface area contributed by atoms with Gasteiger partial charge in [0, 0.05) is 16.8 Å². The maximum absolute atomic E-state index is 13.9. The van der Waals surface area contributed by atoms with Crippen molar-refractivity contribution in [2.45, 2.75) is 19.9 Å². The largest absolute Gasteiger partial charge is 0.504 e. The van der Waals surface area contributed by atoms with Crippen LogP contribution in [0.3, 0.4) is 0 Å². The summed E-state index contributed by atoms with van der Waals surface area (Å²) < 4.78 is 13.7. The number of carbonyl (C=O) groups excluding carboxylic acids is 1. The Kier molecular flexibility index (Phi) is 6.67. The van der Waals surface area contributed by atoms with Crippen molar-refractivity contribution in [2.75, 3.05) is 14.2 Å². The second kappa shape index (κ2) is 9.79. The average Bonchev–Trinajstić information content (AvgIpc) is 3.18. The summed E-state index contributed by atoms with van der Waals surface area (Å²) in [7, 11) is 3.06. The number of ketones is 1. The van der Waals surface area contributed by atoms with E-state index in [2.05, 4.69) is 4.99 Å². The van der Waals surface area contributed by atoms with Crippen LogP contribution in [-0.2, 0) is 4.79 Å². The fourth-order valence-corrected chi connectivity index (χ4v) is 6.44. The van der Waals surface area contributed by atoms with E-state index >= 15 is 0 Å². The van der Waals surface area contributed by atoms with Crippen LogP contribution in [0.25, 0.3) is 16.8 Å². The van der Waals surface area contributed by atoms with Crippen LogP contribution in [0, 0.1) is 3.57 Å². The molecule has 9 heteroatoms. The zero-order chi connectivity index (χ0) is 26.4. The first-order valence-electron chi connectivity index (χ1n) is 11.4. The van der Waals surface area contributed by atoms with Crippen molar-refractivity contribution in [3.63, 3.8) is 0 Å². The van der Waals surface area contributed by atoms with Gasteiger partial charge in [-0.15, -0.1) is 0 Å². The van der Waals surface area contributed by atoms with Crippen molar-refractivity contribution in [2.24, 2.45) is 4.99 Å². The topological polar surface area (TPSA) is 90.1 Å². The molecular weight excluding hydrogens is 603 g/mol. The summed E-state index contributed by atoms with van der Waals surface area (Å²) in [6, 6.07) is 14.4. The molecule has 3 aromatic carbocycles. The number of aromatic hydroxyl groups is 1. The number of carbonyl (C=O) groups is 1. The molecule has 5 rings (SSSR count). The molecule has 1 aliphatic rings. The Hall–Kier alpha value is -3.44. The third-order valence-electron chi connectivity index (χ3n) is 6.39. The number of rotatable bonds is 5. The van der Waals surface area contributed by atoms with E-state index in [1.54, 1.807) is 36.8 Å². The lowest BCUT2D eigenvalue weighted by Gasteiger charge is -2.27. The highest BCUT2D eigenvalue weighted by Crippen LogP contribution is 2.40. The predicted octanol–water partition coefficient (Wildman–Crippen LogP) is 4.30. The highest BCUT2D eigenvalue weighted by molar-refractivity contribution is 14.1. The fraction of sp³-hybridized carbons (Fsp3) is 0.179. The lowest BCUT2D eigenvalue weighted by Crippen LogP contribution is -2.39. The lowest BCUT2D eigenvalue weighted by atomic mass is 9.89. The average molecular weight is 626 g/mol. The van der Waals surface area contributed by atoms with Crippen LogP contribution in [0.4, 0.5) is 0 Å². The molecule has 0 saturated heterocycles. The van der Waals surface area contributed by atoms with Gasteiger partial charge in [-0.25, -0.2) is 4.99 Å². The second-order valence-electron chi connectivity index (χ2n) is 8.59. The van der Waals surface area contributed by atoms with Crippen LogP contribution in [0.2, 0.25) is 0 Å². The molecule has 1 N–H and O–H groups in total. The van der Waals surface area contributed by atoms with Gasteiger partial charge in [0.1, 0.15) is 5.75 Å². The zero-order valence-corrected chi connectivity index (χ0v) is 23.5. The molecule has 0 spiro atoms. The number of benzene rings is 3. The van der Waals surface area contributed by atoms with Gasteiger partial charge in [0.2, 0.25) is 0 Å². The Morgan fingerprint density at radius 2 is 1.86 bits per heavy atom. The van der Waals surface area contributed by atoms with E-state index in [-0.39, 0.29) is 17.1 Å². The maximum atomic E-state index is 13.9. The Morgan fingerprint density at radius 3 is 2.57 bits per heavy atom. The Bertz CT molecular complexity index is 1800. The molecule has 7 nitrogen and oxygen atoms in total. The second-order valence-corrected chi connectivity index (χ2v) is 10.8. The van der Waals surface area contributed by atoms with Crippen molar-refractivity contribution >= 4 is 56.6 Å². The van der Waals surface area contributed by atoms with E-state index in [1.807, 2.05) is 59.0 Å². The molecule has 2 heterocycles. The van der Waals surface area contributed by atoms with E-state index < -0.39 is 6.04 Å². The fourth-order valence-electron chi connectivity index (χ4n) is 4.76. The van der Waals surface area contributed by atoms with Gasteiger partial charge < -0.3 is 14.6 Å². The third-order valence-corrected chi connectivity index (χ3v) is 8.20. The quantitative estimate of drug-likeness (QED) is 0.334. The molecule has 0 fully saturated rings. The van der Waals surface area contributed by atoms with Gasteiger partial charge in [-0.05, 0) is 77.0 Å². The Morgan fingerprint density at radius 1 is 1.14 bits per heavy atom. The number of methoxy groups -OCH3 is 2. The first-order chi connectivity index (χ1) is 17.7. The van der Waals surface area contributed by atoms with Crippen molar-refractivity contribution < 1.29 is 19.4 Å². The molecular formula is C28H23IN2O5S. The zero-order valence-electron chi connectivity index (χ0n) is 20.5. The Labute approximate surface area is 230 Å². The van der Waals surface area contributed by atoms with Crippen LogP contribution in [0.5, 0.6) is 17.2 Å². The monoisotopic (exact) mass is 626 g/mol. The van der Waals surface area contributed by atoms with Crippen molar-refractivity contribution in [1.29, 1.82) is 0 Å². The van der Waals surface area contributed by atoms with Gasteiger partial charge in [0.05, 0.1) is 28.4 Å². The first kappa shape index (κ1) is 25.2. The molecule has 188 valence electrons. The number of phenolic OH excluding ortho intramolecular Hbond substituents is 1. The molecule has 0 saturated carbocycles. The molecule has 37 heavy (non-hydrogen) atoms. The molecule has 0 amide bonds. The first-order valence-corrected chi connectivity index (χ1v) is 13.3. The summed E-state index contributed by atoms with van der Waals surface area (Å²) in [4.78, 5) is 32.1. The van der Waals surface area contributed by atoms with Crippen molar-refractivity contribution in [3.8, 4) is 17.2 Å². The summed E-state index contributed by atoms with van der Waals surface area (Å²) in [5.74, 6) is 0.795. The van der Waals surface area contributed by atoms with E-state index in [0.29, 0.717) is 41.2 Å². The summed E-state index contributed by atoms with van der Waals surface area (Å²) in [6.45, 7) is 3.30. The number of allylic oxidation sites excluding steroid dienone is 2. The summed E-state index contributed by atoms with van der Waals surface area (Å²) in [5, 5.41) is 12.1. The van der Waals surface area contributed by atoms with Gasteiger partial charge in [-0.1, -0.05) is 41.7 Å². The van der Waals surface area contributed by atoms with E-state index in [1.165, 1.54) is 25.4 Å². The number of fused-ring (bicyclic) bond motifs is 2. The summed E-state index contributed by atoms with van der Waals surface area (Å²) in [5.41, 5.74) is 2.20. The number of phenols is 1. The van der Waals surface area contributed by atoms with Crippen LogP contribution in [0.15, 0.2) is 69.6 Å². The third kappa shape index (κ3) is 4.25. The maximum Gasteiger partial charge on any atom is 0.271 e. The number of nitrogens with zero attached hydrogens (tertiary/aromatic N) is 2. The van der Waals surface area contributed by atoms with Gasteiger partial charge in [-0.2, -0.15) is 0 Å². The Balaban J connectivity index is 1.84. The standard InChI is InChI=1S/C28H23IN2O5S/c1-14-23(15(2)32)25(24-18-8-6-5-7-17(18)9-10-20(24)35-3)31-27(34)22(37-28(31)30-14)13-16-11-19(29)26(33)21(12-16)36-4/h5-13,25,33H,1-4H3/b22-13+. The van der Waals surface area contributed by atoms with Gasteiger partial charge >= 0.3 is 0 Å². The minimum Gasteiger partial charge on any atom is -0.504 e. The molecule has 4 aromatic rings. The lowest BCUT2D eigenvalue weighted by molar-refractivity contribution is -0.114. The minimum atomic E-state index is -0.702. The van der Waals surface area contributed by atoms with Crippen molar-refractivity contribution in [3.05, 3.63) is 94.2 Å². The number of halogens is 1. The number of aromatic nitrogens is 1. The number of ether oxygens (including phenoxy) is 2. The van der Waals surface area contributed by atoms with E-state index in [4.69, 9.17) is 9.47 Å². The highest BCUT2D eigenvalue weighted by Gasteiger charge is 2.33. The van der Waals surface area contributed by atoms with Gasteiger partial charge in [0.15, 0.2) is 22.1 Å².